The Morgan fingerprint density at radius 1 is 1.17 bits per heavy atom. The second-order valence-electron chi connectivity index (χ2n) is 8.28. The van der Waals surface area contributed by atoms with Gasteiger partial charge < -0.3 is 18.8 Å². The summed E-state index contributed by atoms with van der Waals surface area (Å²) in [6.45, 7) is 3.47. The van der Waals surface area contributed by atoms with Gasteiger partial charge in [0.1, 0.15) is 22.9 Å². The van der Waals surface area contributed by atoms with E-state index in [1.165, 1.54) is 24.0 Å². The van der Waals surface area contributed by atoms with Crippen molar-refractivity contribution >= 4 is 40.4 Å². The Hall–Kier alpha value is -3.51. The van der Waals surface area contributed by atoms with E-state index in [9.17, 15) is 27.6 Å². The van der Waals surface area contributed by atoms with Crippen LogP contribution in [0.25, 0.3) is 11.0 Å². The number of alkyl halides is 2. The van der Waals surface area contributed by atoms with Crippen LogP contribution in [-0.2, 0) is 23.8 Å². The van der Waals surface area contributed by atoms with Crippen molar-refractivity contribution < 1.29 is 41.8 Å². The van der Waals surface area contributed by atoms with Gasteiger partial charge in [-0.1, -0.05) is 11.6 Å². The van der Waals surface area contributed by atoms with Crippen LogP contribution >= 0.6 is 11.6 Å². The molecule has 9 nitrogen and oxygen atoms in total. The number of rotatable bonds is 6. The van der Waals surface area contributed by atoms with Crippen molar-refractivity contribution in [1.29, 1.82) is 0 Å². The zero-order chi connectivity index (χ0) is 26.4. The van der Waals surface area contributed by atoms with Crippen LogP contribution < -0.4 is 0 Å². The van der Waals surface area contributed by atoms with Crippen LogP contribution in [0.2, 0.25) is 5.15 Å². The van der Waals surface area contributed by atoms with Gasteiger partial charge in [0.05, 0.1) is 5.39 Å². The molecule has 0 unspecified atom stereocenters. The van der Waals surface area contributed by atoms with Gasteiger partial charge in [0.15, 0.2) is 29.8 Å². The molecule has 1 aliphatic heterocycles. The minimum atomic E-state index is -3.05. The SMILES string of the molecule is CC(=O)O[C@H]1[C@H](n2ccc3c(Cl)ncnc32)O[C@H](C(=O)c2cc(F)cc(C(F)F)c2)[C@@]1(C)OC(C)=O. The number of ketones is 1. The summed E-state index contributed by atoms with van der Waals surface area (Å²) in [6, 6.07) is 3.74. The summed E-state index contributed by atoms with van der Waals surface area (Å²) < 4.78 is 58.9. The number of fused-ring (bicyclic) bond motifs is 1. The lowest BCUT2D eigenvalue weighted by molar-refractivity contribution is -0.179. The van der Waals surface area contributed by atoms with Gasteiger partial charge in [0.25, 0.3) is 6.43 Å². The van der Waals surface area contributed by atoms with Gasteiger partial charge >= 0.3 is 11.9 Å². The van der Waals surface area contributed by atoms with E-state index in [2.05, 4.69) is 9.97 Å². The van der Waals surface area contributed by atoms with Crippen molar-refractivity contribution in [3.63, 3.8) is 0 Å². The fraction of sp³-hybridized carbons (Fsp3) is 0.348. The van der Waals surface area contributed by atoms with Crippen LogP contribution in [0.1, 0.15) is 49.3 Å². The first kappa shape index (κ1) is 25.6. The molecule has 0 saturated carbocycles. The van der Waals surface area contributed by atoms with Gasteiger partial charge in [0.2, 0.25) is 0 Å². The van der Waals surface area contributed by atoms with E-state index in [-0.39, 0.29) is 10.8 Å². The lowest BCUT2D eigenvalue weighted by Gasteiger charge is -2.33. The molecule has 4 atom stereocenters. The van der Waals surface area contributed by atoms with E-state index in [1.807, 2.05) is 0 Å². The number of nitrogens with zero attached hydrogens (tertiary/aromatic N) is 3. The van der Waals surface area contributed by atoms with E-state index < -0.39 is 65.1 Å². The van der Waals surface area contributed by atoms with E-state index >= 15 is 0 Å². The van der Waals surface area contributed by atoms with Crippen LogP contribution in [-0.4, -0.2) is 50.1 Å². The maximum absolute atomic E-state index is 14.1. The van der Waals surface area contributed by atoms with Crippen molar-refractivity contribution in [2.75, 3.05) is 0 Å². The molecule has 3 aromatic rings. The molecular weight excluding hydrogens is 507 g/mol. The van der Waals surface area contributed by atoms with E-state index in [0.29, 0.717) is 11.5 Å². The normalized spacial score (nSPS) is 23.7. The third-order valence-corrected chi connectivity index (χ3v) is 6.01. The summed E-state index contributed by atoms with van der Waals surface area (Å²) in [6.07, 6.45) is -4.74. The predicted octanol–water partition coefficient (Wildman–Crippen LogP) is 4.20. The fourth-order valence-electron chi connectivity index (χ4n) is 4.26. The lowest BCUT2D eigenvalue weighted by Crippen LogP contribution is -2.52. The summed E-state index contributed by atoms with van der Waals surface area (Å²) in [5, 5.41) is 0.537. The Morgan fingerprint density at radius 2 is 1.89 bits per heavy atom. The molecule has 190 valence electrons. The number of carbonyl (C=O) groups excluding carboxylic acids is 3. The monoisotopic (exact) mass is 525 g/mol. The standard InChI is InChI=1S/C23H19ClF3N3O6/c1-10(31)34-18-22(30-5-4-15-19(24)28-9-29-21(15)30)35-17(23(18,3)36-11(2)32)16(33)12-6-13(20(26)27)8-14(25)7-12/h4-9,17-18,20,22H,1-3H3/t17-,18+,22-,23-/m1/s1. The van der Waals surface area contributed by atoms with Crippen LogP contribution in [0.4, 0.5) is 13.2 Å². The van der Waals surface area contributed by atoms with E-state index in [4.69, 9.17) is 25.8 Å². The number of carbonyl (C=O) groups is 3. The molecule has 0 aliphatic carbocycles. The molecule has 2 aromatic heterocycles. The second-order valence-corrected chi connectivity index (χ2v) is 8.64. The summed E-state index contributed by atoms with van der Waals surface area (Å²) in [7, 11) is 0. The largest absolute Gasteiger partial charge is 0.453 e. The quantitative estimate of drug-likeness (QED) is 0.268. The van der Waals surface area contributed by atoms with Crippen molar-refractivity contribution in [3.8, 4) is 0 Å². The number of Topliss-reactive ketones (excluding diaryl/α,β-unsaturated/α-hetero) is 1. The van der Waals surface area contributed by atoms with Gasteiger partial charge in [-0.15, -0.1) is 0 Å². The number of benzene rings is 1. The highest BCUT2D eigenvalue weighted by Gasteiger charge is 2.62. The molecule has 1 fully saturated rings. The highest BCUT2D eigenvalue weighted by Crippen LogP contribution is 2.44. The summed E-state index contributed by atoms with van der Waals surface area (Å²) in [4.78, 5) is 45.6. The van der Waals surface area contributed by atoms with Gasteiger partial charge in [0, 0.05) is 31.2 Å². The molecule has 3 heterocycles. The zero-order valence-corrected chi connectivity index (χ0v) is 19.8. The number of hydrogen-bond acceptors (Lipinski definition) is 8. The number of halogens is 4. The number of aromatic nitrogens is 3. The molecule has 0 amide bonds. The summed E-state index contributed by atoms with van der Waals surface area (Å²) in [5.41, 5.74) is -2.86. The van der Waals surface area contributed by atoms with E-state index in [0.717, 1.165) is 26.0 Å². The third kappa shape index (κ3) is 4.53. The topological polar surface area (TPSA) is 110 Å². The minimum absolute atomic E-state index is 0.121. The number of ether oxygens (including phenoxy) is 3. The molecule has 0 radical (unpaired) electrons. The predicted molar refractivity (Wildman–Crippen MR) is 118 cm³/mol. The maximum atomic E-state index is 14.1. The fourth-order valence-corrected chi connectivity index (χ4v) is 4.46. The average molecular weight is 526 g/mol. The van der Waals surface area contributed by atoms with Gasteiger partial charge in [-0.25, -0.2) is 23.1 Å². The first-order valence-electron chi connectivity index (χ1n) is 10.5. The molecule has 0 spiro atoms. The average Bonchev–Trinajstić information content (AvgIpc) is 3.32. The van der Waals surface area contributed by atoms with Crippen LogP contribution in [0, 0.1) is 5.82 Å². The Morgan fingerprint density at radius 3 is 2.53 bits per heavy atom. The molecule has 4 rings (SSSR count). The van der Waals surface area contributed by atoms with Gasteiger partial charge in [-0.3, -0.25) is 14.4 Å². The Balaban J connectivity index is 1.86. The lowest BCUT2D eigenvalue weighted by atomic mass is 9.88. The van der Waals surface area contributed by atoms with E-state index in [1.54, 1.807) is 6.07 Å². The molecule has 1 aliphatic rings. The molecule has 1 saturated heterocycles. The first-order valence-corrected chi connectivity index (χ1v) is 10.9. The summed E-state index contributed by atoms with van der Waals surface area (Å²) in [5.74, 6) is -3.66. The third-order valence-electron chi connectivity index (χ3n) is 5.71. The van der Waals surface area contributed by atoms with Crippen molar-refractivity contribution in [2.45, 2.75) is 51.2 Å². The van der Waals surface area contributed by atoms with Crippen molar-refractivity contribution in [3.05, 3.63) is 58.9 Å². The van der Waals surface area contributed by atoms with Crippen LogP contribution in [0.3, 0.4) is 0 Å². The number of esters is 2. The minimum Gasteiger partial charge on any atom is -0.453 e. The molecular formula is C23H19ClF3N3O6. The van der Waals surface area contributed by atoms with Crippen molar-refractivity contribution in [2.24, 2.45) is 0 Å². The molecule has 13 heteroatoms. The second kappa shape index (κ2) is 9.51. The smallest absolute Gasteiger partial charge is 0.303 e. The van der Waals surface area contributed by atoms with Gasteiger partial charge in [-0.2, -0.15) is 0 Å². The molecule has 36 heavy (non-hydrogen) atoms. The van der Waals surface area contributed by atoms with Crippen LogP contribution in [0.15, 0.2) is 36.8 Å². The highest BCUT2D eigenvalue weighted by atomic mass is 35.5. The molecule has 0 N–H and O–H groups in total. The van der Waals surface area contributed by atoms with Crippen molar-refractivity contribution in [1.82, 2.24) is 14.5 Å². The van der Waals surface area contributed by atoms with Gasteiger partial charge in [-0.05, 0) is 31.2 Å². The first-order chi connectivity index (χ1) is 16.9. The maximum Gasteiger partial charge on any atom is 0.303 e. The summed E-state index contributed by atoms with van der Waals surface area (Å²) >= 11 is 6.13. The Kier molecular flexibility index (Phi) is 6.76. The molecule has 1 aromatic carbocycles. The number of hydrogen-bond donors (Lipinski definition) is 0. The highest BCUT2D eigenvalue weighted by molar-refractivity contribution is 6.33. The Bertz CT molecular complexity index is 1370. The van der Waals surface area contributed by atoms with Crippen LogP contribution in [0.5, 0.6) is 0 Å². The molecule has 0 bridgehead atoms. The zero-order valence-electron chi connectivity index (χ0n) is 19.1. The Labute approximate surface area is 207 Å².